The molecule has 182 valence electrons. The summed E-state index contributed by atoms with van der Waals surface area (Å²) in [5.74, 6) is 1.49. The number of carbonyl (C=O) groups is 1. The lowest BCUT2D eigenvalue weighted by Gasteiger charge is -2.58. The Morgan fingerprint density at radius 3 is 2.58 bits per heavy atom. The first-order chi connectivity index (χ1) is 15.5. The number of ether oxygens (including phenoxy) is 1. The van der Waals surface area contributed by atoms with Crippen molar-refractivity contribution in [3.63, 3.8) is 0 Å². The van der Waals surface area contributed by atoms with Crippen LogP contribution >= 0.6 is 0 Å². The lowest BCUT2D eigenvalue weighted by atomic mass is 9.52. The zero-order chi connectivity index (χ0) is 24.0. The summed E-state index contributed by atoms with van der Waals surface area (Å²) in [5.41, 5.74) is 0.554. The predicted molar refractivity (Wildman–Crippen MR) is 127 cm³/mol. The van der Waals surface area contributed by atoms with Gasteiger partial charge in [-0.15, -0.1) is 0 Å². The minimum absolute atomic E-state index is 0.0850. The van der Waals surface area contributed by atoms with Gasteiger partial charge in [0.2, 0.25) is 5.88 Å². The van der Waals surface area contributed by atoms with E-state index in [9.17, 15) is 10.1 Å². The first-order valence-electron chi connectivity index (χ1n) is 12.0. The number of nitrogens with one attached hydrogen (secondary N) is 2. The van der Waals surface area contributed by atoms with Gasteiger partial charge in [0.25, 0.3) is 5.91 Å². The van der Waals surface area contributed by atoms with Crippen LogP contribution in [0.5, 0.6) is 5.88 Å². The van der Waals surface area contributed by atoms with Gasteiger partial charge < -0.3 is 15.4 Å². The van der Waals surface area contributed by atoms with Gasteiger partial charge in [0, 0.05) is 17.9 Å². The van der Waals surface area contributed by atoms with Crippen LogP contribution in [0.25, 0.3) is 6.20 Å². The molecule has 0 aliphatic heterocycles. The molecular weight excluding hydrogens is 420 g/mol. The Hall–Kier alpha value is -2.32. The molecule has 2 unspecified atom stereocenters. The van der Waals surface area contributed by atoms with Gasteiger partial charge in [-0.05, 0) is 90.6 Å². The molecule has 4 bridgehead atoms. The number of nitrogens with zero attached hydrogens (tertiary/aromatic N) is 2. The van der Waals surface area contributed by atoms with E-state index in [-0.39, 0.29) is 23.6 Å². The SMILES string of the molecule is C=C(C)NC(C)(C)/C=C/n1ncc(C(=O)NC2C3CC4CC2CC(OO)(C4)C3)c1OC(C)C. The van der Waals surface area contributed by atoms with Gasteiger partial charge in [0.05, 0.1) is 17.8 Å². The quantitative estimate of drug-likeness (QED) is 0.379. The maximum absolute atomic E-state index is 13.4. The van der Waals surface area contributed by atoms with Crippen molar-refractivity contribution in [3.8, 4) is 5.88 Å². The predicted octanol–water partition coefficient (Wildman–Crippen LogP) is 4.21. The largest absolute Gasteiger partial charge is 0.474 e. The van der Waals surface area contributed by atoms with Gasteiger partial charge in [0.1, 0.15) is 11.2 Å². The van der Waals surface area contributed by atoms with Gasteiger partial charge >= 0.3 is 0 Å². The highest BCUT2D eigenvalue weighted by Gasteiger charge is 2.57. The number of amides is 1. The standard InChI is InChI=1S/C25H38N4O4/c1-15(2)28-24(5,6)7-8-29-23(32-16(3)4)20(14-26-29)22(30)27-21-18-9-17-10-19(21)13-25(11-17,12-18)33-31/h7-8,14,16-19,21,28,31H,1,9-13H2,2-6H3,(H,27,30)/b8-7+. The minimum atomic E-state index is -0.413. The third-order valence-corrected chi connectivity index (χ3v) is 7.22. The van der Waals surface area contributed by atoms with Gasteiger partial charge in [-0.3, -0.25) is 10.1 Å². The molecule has 1 heterocycles. The van der Waals surface area contributed by atoms with E-state index in [1.807, 2.05) is 46.9 Å². The molecule has 8 nitrogen and oxygen atoms in total. The van der Waals surface area contributed by atoms with Gasteiger partial charge in [-0.1, -0.05) is 6.58 Å². The van der Waals surface area contributed by atoms with E-state index in [2.05, 4.69) is 22.3 Å². The van der Waals surface area contributed by atoms with Crippen LogP contribution in [-0.2, 0) is 4.89 Å². The second-order valence-electron chi connectivity index (χ2n) is 11.2. The summed E-state index contributed by atoms with van der Waals surface area (Å²) in [6.07, 6.45) is 9.93. The molecule has 1 aromatic rings. The Balaban J connectivity index is 1.53. The first kappa shape index (κ1) is 23.8. The molecule has 4 fully saturated rings. The van der Waals surface area contributed by atoms with E-state index in [0.717, 1.165) is 37.8 Å². The minimum Gasteiger partial charge on any atom is -0.474 e. The second-order valence-corrected chi connectivity index (χ2v) is 11.2. The van der Waals surface area contributed by atoms with Crippen LogP contribution in [0.3, 0.4) is 0 Å². The molecular formula is C25H38N4O4. The molecule has 2 atom stereocenters. The van der Waals surface area contributed by atoms with Crippen molar-refractivity contribution in [2.75, 3.05) is 0 Å². The third-order valence-electron chi connectivity index (χ3n) is 7.22. The van der Waals surface area contributed by atoms with Gasteiger partial charge in [0.15, 0.2) is 0 Å². The lowest BCUT2D eigenvalue weighted by molar-refractivity contribution is -0.357. The Kier molecular flexibility index (Phi) is 6.35. The van der Waals surface area contributed by atoms with E-state index in [0.29, 0.717) is 29.2 Å². The zero-order valence-corrected chi connectivity index (χ0v) is 20.4. The van der Waals surface area contributed by atoms with Crippen LogP contribution < -0.4 is 15.4 Å². The molecule has 0 radical (unpaired) electrons. The van der Waals surface area contributed by atoms with E-state index in [1.165, 1.54) is 0 Å². The summed E-state index contributed by atoms with van der Waals surface area (Å²) >= 11 is 0. The molecule has 4 aliphatic rings. The molecule has 33 heavy (non-hydrogen) atoms. The van der Waals surface area contributed by atoms with Crippen molar-refractivity contribution in [3.05, 3.63) is 30.1 Å². The fourth-order valence-electron chi connectivity index (χ4n) is 6.33. The maximum Gasteiger partial charge on any atom is 0.258 e. The van der Waals surface area contributed by atoms with Crippen molar-refractivity contribution >= 4 is 12.1 Å². The smallest absolute Gasteiger partial charge is 0.258 e. The van der Waals surface area contributed by atoms with Crippen molar-refractivity contribution < 1.29 is 19.7 Å². The van der Waals surface area contributed by atoms with Crippen molar-refractivity contribution in [1.82, 2.24) is 20.4 Å². The summed E-state index contributed by atoms with van der Waals surface area (Å²) in [6.45, 7) is 13.8. The van der Waals surface area contributed by atoms with Crippen LogP contribution in [0.4, 0.5) is 0 Å². The Labute approximate surface area is 196 Å². The Bertz CT molecular complexity index is 919. The van der Waals surface area contributed by atoms with Crippen LogP contribution in [0, 0.1) is 17.8 Å². The van der Waals surface area contributed by atoms with E-state index < -0.39 is 5.60 Å². The summed E-state index contributed by atoms with van der Waals surface area (Å²) in [5, 5.41) is 20.5. The number of carbonyl (C=O) groups excluding carboxylic acids is 1. The monoisotopic (exact) mass is 458 g/mol. The van der Waals surface area contributed by atoms with Crippen molar-refractivity contribution in [2.24, 2.45) is 17.8 Å². The van der Waals surface area contributed by atoms with Crippen LogP contribution in [0.15, 0.2) is 24.5 Å². The number of hydrogen-bond acceptors (Lipinski definition) is 6. The summed E-state index contributed by atoms with van der Waals surface area (Å²) in [4.78, 5) is 18.3. The molecule has 1 amide bonds. The Morgan fingerprint density at radius 2 is 2.00 bits per heavy atom. The number of rotatable bonds is 9. The summed E-state index contributed by atoms with van der Waals surface area (Å²) < 4.78 is 7.64. The van der Waals surface area contributed by atoms with E-state index >= 15 is 0 Å². The zero-order valence-electron chi connectivity index (χ0n) is 20.4. The molecule has 8 heteroatoms. The topological polar surface area (TPSA) is 97.6 Å². The number of aromatic nitrogens is 2. The van der Waals surface area contributed by atoms with Gasteiger partial charge in [-0.25, -0.2) is 9.57 Å². The molecule has 1 aromatic heterocycles. The average molecular weight is 459 g/mol. The van der Waals surface area contributed by atoms with Crippen LogP contribution in [0.2, 0.25) is 0 Å². The molecule has 4 aliphatic carbocycles. The van der Waals surface area contributed by atoms with E-state index in [1.54, 1.807) is 10.9 Å². The average Bonchev–Trinajstić information content (AvgIpc) is 3.09. The fourth-order valence-corrected chi connectivity index (χ4v) is 6.33. The van der Waals surface area contributed by atoms with Gasteiger partial charge in [-0.2, -0.15) is 5.10 Å². The van der Waals surface area contributed by atoms with E-state index in [4.69, 9.17) is 9.62 Å². The normalized spacial score (nSPS) is 30.8. The fraction of sp³-hybridized carbons (Fsp3) is 0.680. The van der Waals surface area contributed by atoms with Crippen LogP contribution in [0.1, 0.15) is 77.1 Å². The molecule has 5 rings (SSSR count). The van der Waals surface area contributed by atoms with Crippen molar-refractivity contribution in [2.45, 2.75) is 90.0 Å². The number of hydrogen-bond donors (Lipinski definition) is 3. The van der Waals surface area contributed by atoms with Crippen LogP contribution in [-0.4, -0.2) is 44.2 Å². The molecule has 0 spiro atoms. The summed E-state index contributed by atoms with van der Waals surface area (Å²) in [7, 11) is 0. The summed E-state index contributed by atoms with van der Waals surface area (Å²) in [6, 6.07) is 0.0850. The van der Waals surface area contributed by atoms with Crippen molar-refractivity contribution in [1.29, 1.82) is 0 Å². The highest BCUT2D eigenvalue weighted by molar-refractivity contribution is 5.96. The molecule has 4 saturated carbocycles. The third kappa shape index (κ3) is 4.96. The maximum atomic E-state index is 13.4. The second kappa shape index (κ2) is 8.80. The molecule has 0 aromatic carbocycles. The Morgan fingerprint density at radius 1 is 1.33 bits per heavy atom. The molecule has 0 saturated heterocycles. The molecule has 3 N–H and O–H groups in total. The lowest BCUT2D eigenvalue weighted by Crippen LogP contribution is -2.62. The number of allylic oxidation sites excluding steroid dienone is 1. The highest BCUT2D eigenvalue weighted by Crippen LogP contribution is 2.57. The first-order valence-corrected chi connectivity index (χ1v) is 12.0. The highest BCUT2D eigenvalue weighted by atomic mass is 17.1.